The molecule has 134 valence electrons. The standard InChI is InChI=1S/C22H27FO2/c1-4-5-17-18-9-8-16(13-15-7-6-14(2)12-19(15)23)21(25)22(18,3)11-10-20(17)24/h4,6-7,12-13,17-18,20,24H,1,5,8-11H2,2-3H3/b16-13+/t17-,18-,20-,22-/m1/s1. The van der Waals surface area contributed by atoms with Gasteiger partial charge in [-0.1, -0.05) is 25.1 Å². The van der Waals surface area contributed by atoms with Gasteiger partial charge in [-0.3, -0.25) is 4.79 Å². The zero-order valence-corrected chi connectivity index (χ0v) is 15.1. The highest BCUT2D eigenvalue weighted by molar-refractivity contribution is 6.04. The maximum Gasteiger partial charge on any atom is 0.165 e. The fraction of sp³-hybridized carbons (Fsp3) is 0.500. The number of fused-ring (bicyclic) bond motifs is 1. The summed E-state index contributed by atoms with van der Waals surface area (Å²) >= 11 is 0. The molecule has 0 spiro atoms. The van der Waals surface area contributed by atoms with E-state index in [1.807, 2.05) is 26.0 Å². The van der Waals surface area contributed by atoms with E-state index in [0.717, 1.165) is 24.0 Å². The first-order valence-electron chi connectivity index (χ1n) is 9.17. The molecule has 0 bridgehead atoms. The fourth-order valence-electron chi connectivity index (χ4n) is 4.78. The van der Waals surface area contributed by atoms with Crippen molar-refractivity contribution in [3.05, 3.63) is 53.4 Å². The Balaban J connectivity index is 1.92. The van der Waals surface area contributed by atoms with E-state index in [0.29, 0.717) is 24.8 Å². The van der Waals surface area contributed by atoms with Crippen LogP contribution in [0.4, 0.5) is 4.39 Å². The van der Waals surface area contributed by atoms with Gasteiger partial charge in [0.1, 0.15) is 5.82 Å². The molecule has 3 rings (SSSR count). The molecule has 1 aromatic carbocycles. The summed E-state index contributed by atoms with van der Waals surface area (Å²) in [5, 5.41) is 10.4. The summed E-state index contributed by atoms with van der Waals surface area (Å²) in [6.45, 7) is 7.69. The summed E-state index contributed by atoms with van der Waals surface area (Å²) in [7, 11) is 0. The number of hydrogen-bond donors (Lipinski definition) is 1. The van der Waals surface area contributed by atoms with Crippen molar-refractivity contribution in [3.63, 3.8) is 0 Å². The Hall–Kier alpha value is -1.74. The van der Waals surface area contributed by atoms with Gasteiger partial charge in [-0.15, -0.1) is 6.58 Å². The van der Waals surface area contributed by atoms with Gasteiger partial charge in [-0.05, 0) is 74.1 Å². The van der Waals surface area contributed by atoms with Gasteiger partial charge in [0.15, 0.2) is 5.78 Å². The second-order valence-electron chi connectivity index (χ2n) is 7.88. The minimum atomic E-state index is -0.460. The van der Waals surface area contributed by atoms with E-state index in [1.54, 1.807) is 12.1 Å². The molecular weight excluding hydrogens is 315 g/mol. The molecule has 2 saturated carbocycles. The van der Waals surface area contributed by atoms with Crippen molar-refractivity contribution in [2.45, 2.75) is 52.1 Å². The largest absolute Gasteiger partial charge is 0.393 e. The minimum Gasteiger partial charge on any atom is -0.393 e. The Morgan fingerprint density at radius 3 is 2.84 bits per heavy atom. The molecule has 1 aromatic rings. The number of aliphatic hydroxyl groups excluding tert-OH is 1. The third kappa shape index (κ3) is 3.22. The predicted octanol–water partition coefficient (Wildman–Crippen LogP) is 4.85. The van der Waals surface area contributed by atoms with Crippen LogP contribution in [0.2, 0.25) is 0 Å². The van der Waals surface area contributed by atoms with E-state index < -0.39 is 5.41 Å². The average molecular weight is 342 g/mol. The highest BCUT2D eigenvalue weighted by atomic mass is 19.1. The van der Waals surface area contributed by atoms with Crippen molar-refractivity contribution >= 4 is 11.9 Å². The number of ketones is 1. The molecule has 1 N–H and O–H groups in total. The number of rotatable bonds is 3. The van der Waals surface area contributed by atoms with Gasteiger partial charge in [0.25, 0.3) is 0 Å². The van der Waals surface area contributed by atoms with Crippen LogP contribution < -0.4 is 0 Å². The summed E-state index contributed by atoms with van der Waals surface area (Å²) in [4.78, 5) is 13.2. The molecule has 0 radical (unpaired) electrons. The van der Waals surface area contributed by atoms with Crippen LogP contribution in [0.25, 0.3) is 6.08 Å². The van der Waals surface area contributed by atoms with Crippen molar-refractivity contribution in [2.24, 2.45) is 17.3 Å². The van der Waals surface area contributed by atoms with E-state index in [2.05, 4.69) is 6.58 Å². The molecule has 0 unspecified atom stereocenters. The van der Waals surface area contributed by atoms with E-state index in [4.69, 9.17) is 0 Å². The fourth-order valence-corrected chi connectivity index (χ4v) is 4.78. The molecule has 2 aliphatic rings. The maximum absolute atomic E-state index is 14.2. The third-order valence-electron chi connectivity index (χ3n) is 6.25. The molecule has 0 aliphatic heterocycles. The number of aliphatic hydroxyl groups is 1. The summed E-state index contributed by atoms with van der Waals surface area (Å²) in [5.41, 5.74) is 1.61. The average Bonchev–Trinajstić information content (AvgIpc) is 2.57. The Labute approximate surface area is 149 Å². The van der Waals surface area contributed by atoms with Crippen LogP contribution in [0.5, 0.6) is 0 Å². The van der Waals surface area contributed by atoms with Crippen molar-refractivity contribution in [2.75, 3.05) is 0 Å². The lowest BCUT2D eigenvalue weighted by molar-refractivity contribution is -0.138. The number of aryl methyl sites for hydroxylation is 1. The first kappa shape index (κ1) is 18.1. The number of benzene rings is 1. The molecule has 3 heteroatoms. The predicted molar refractivity (Wildman–Crippen MR) is 98.5 cm³/mol. The van der Waals surface area contributed by atoms with Gasteiger partial charge >= 0.3 is 0 Å². The lowest BCUT2D eigenvalue weighted by atomic mass is 9.54. The highest BCUT2D eigenvalue weighted by Gasteiger charge is 2.52. The highest BCUT2D eigenvalue weighted by Crippen LogP contribution is 2.53. The van der Waals surface area contributed by atoms with Crippen LogP contribution >= 0.6 is 0 Å². The molecule has 4 atom stereocenters. The summed E-state index contributed by atoms with van der Waals surface area (Å²) in [5.74, 6) is 0.112. The second kappa shape index (κ2) is 6.87. The summed E-state index contributed by atoms with van der Waals surface area (Å²) in [6.07, 6.45) is 6.79. The smallest absolute Gasteiger partial charge is 0.165 e. The number of carbonyl (C=O) groups excluding carboxylic acids is 1. The van der Waals surface area contributed by atoms with Gasteiger partial charge in [0.2, 0.25) is 0 Å². The van der Waals surface area contributed by atoms with Crippen molar-refractivity contribution in [3.8, 4) is 0 Å². The number of halogens is 1. The number of Topliss-reactive ketones (excluding diaryl/α,β-unsaturated/α-hetero) is 1. The van der Waals surface area contributed by atoms with Gasteiger partial charge < -0.3 is 5.11 Å². The Morgan fingerprint density at radius 1 is 1.40 bits per heavy atom. The zero-order valence-electron chi connectivity index (χ0n) is 15.1. The Kier molecular flexibility index (Phi) is 4.97. The van der Waals surface area contributed by atoms with Crippen LogP contribution in [-0.2, 0) is 4.79 Å². The monoisotopic (exact) mass is 342 g/mol. The maximum atomic E-state index is 14.2. The summed E-state index contributed by atoms with van der Waals surface area (Å²) < 4.78 is 14.2. The van der Waals surface area contributed by atoms with E-state index >= 15 is 0 Å². The number of allylic oxidation sites excluding steroid dienone is 2. The van der Waals surface area contributed by atoms with Crippen LogP contribution in [0.1, 0.15) is 50.2 Å². The first-order chi connectivity index (χ1) is 11.9. The van der Waals surface area contributed by atoms with Gasteiger partial charge in [-0.2, -0.15) is 0 Å². The molecule has 0 heterocycles. The molecule has 0 amide bonds. The lowest BCUT2D eigenvalue weighted by Crippen LogP contribution is -2.50. The van der Waals surface area contributed by atoms with Crippen LogP contribution in [0, 0.1) is 30.0 Å². The topological polar surface area (TPSA) is 37.3 Å². The van der Waals surface area contributed by atoms with Gasteiger partial charge in [-0.25, -0.2) is 4.39 Å². The van der Waals surface area contributed by atoms with Crippen molar-refractivity contribution < 1.29 is 14.3 Å². The quantitative estimate of drug-likeness (QED) is 0.630. The lowest BCUT2D eigenvalue weighted by Gasteiger charge is -2.50. The van der Waals surface area contributed by atoms with E-state index in [9.17, 15) is 14.3 Å². The normalized spacial score (nSPS) is 34.0. The molecule has 2 aliphatic carbocycles. The first-order valence-corrected chi connectivity index (χ1v) is 9.17. The molecule has 0 saturated heterocycles. The van der Waals surface area contributed by atoms with E-state index in [1.165, 1.54) is 6.07 Å². The molecule has 2 nitrogen and oxygen atoms in total. The molecule has 0 aromatic heterocycles. The number of carbonyl (C=O) groups is 1. The molecular formula is C22H27FO2. The number of hydrogen-bond acceptors (Lipinski definition) is 2. The molecule has 2 fully saturated rings. The van der Waals surface area contributed by atoms with Crippen LogP contribution in [0.3, 0.4) is 0 Å². The van der Waals surface area contributed by atoms with Crippen LogP contribution in [0.15, 0.2) is 36.4 Å². The Bertz CT molecular complexity index is 721. The van der Waals surface area contributed by atoms with Crippen molar-refractivity contribution in [1.82, 2.24) is 0 Å². The summed E-state index contributed by atoms with van der Waals surface area (Å²) in [6, 6.07) is 5.11. The zero-order chi connectivity index (χ0) is 18.2. The third-order valence-corrected chi connectivity index (χ3v) is 6.25. The van der Waals surface area contributed by atoms with E-state index in [-0.39, 0.29) is 29.5 Å². The molecule has 25 heavy (non-hydrogen) atoms. The Morgan fingerprint density at radius 2 is 2.16 bits per heavy atom. The van der Waals surface area contributed by atoms with Crippen LogP contribution in [-0.4, -0.2) is 17.0 Å². The van der Waals surface area contributed by atoms with Gasteiger partial charge in [0.05, 0.1) is 6.10 Å². The minimum absolute atomic E-state index is 0.0952. The van der Waals surface area contributed by atoms with Gasteiger partial charge in [0, 0.05) is 11.0 Å². The van der Waals surface area contributed by atoms with Crippen molar-refractivity contribution in [1.29, 1.82) is 0 Å². The second-order valence-corrected chi connectivity index (χ2v) is 7.88. The SMILES string of the molecule is C=CC[C@H]1[C@H](O)CC[C@@]2(C)C(=O)/C(=C/c3ccc(C)cc3F)CC[C@H]12.